The number of rotatable bonds is 7. The van der Waals surface area contributed by atoms with Gasteiger partial charge in [-0.1, -0.05) is 30.3 Å². The molecule has 0 saturated heterocycles. The summed E-state index contributed by atoms with van der Waals surface area (Å²) in [5, 5.41) is 3.28. The topological polar surface area (TPSA) is 30.5 Å². The van der Waals surface area contributed by atoms with E-state index in [1.165, 1.54) is 11.1 Å². The smallest absolute Gasteiger partial charge is 0.122 e. The van der Waals surface area contributed by atoms with Crippen molar-refractivity contribution in [2.45, 2.75) is 12.3 Å². The van der Waals surface area contributed by atoms with E-state index in [1.807, 2.05) is 13.1 Å². The van der Waals surface area contributed by atoms with Crippen LogP contribution in [0.15, 0.2) is 48.5 Å². The summed E-state index contributed by atoms with van der Waals surface area (Å²) >= 11 is 0. The van der Waals surface area contributed by atoms with E-state index in [2.05, 4.69) is 47.8 Å². The first-order valence-corrected chi connectivity index (χ1v) is 7.18. The lowest BCUT2D eigenvalue weighted by Gasteiger charge is -2.18. The molecule has 3 nitrogen and oxygen atoms in total. The highest BCUT2D eigenvalue weighted by Gasteiger charge is 2.13. The van der Waals surface area contributed by atoms with Crippen molar-refractivity contribution in [3.05, 3.63) is 59.7 Å². The van der Waals surface area contributed by atoms with Crippen LogP contribution < -0.4 is 14.8 Å². The Bertz CT molecular complexity index is 532. The summed E-state index contributed by atoms with van der Waals surface area (Å²) in [5.74, 6) is 2.09. The Morgan fingerprint density at radius 3 is 2.10 bits per heavy atom. The summed E-state index contributed by atoms with van der Waals surface area (Å²) in [6.07, 6.45) is 0.943. The zero-order chi connectivity index (χ0) is 15.1. The Labute approximate surface area is 126 Å². The second-order valence-electron chi connectivity index (χ2n) is 5.09. The standard InChI is InChI=1S/C18H23NO2/c1-19-13-16(15-7-5-4-6-8-15)9-14-10-17(20-2)12-18(11-14)21-3/h4-8,10-12,16,19H,9,13H2,1-3H3. The average Bonchev–Trinajstić information content (AvgIpc) is 2.55. The second-order valence-corrected chi connectivity index (χ2v) is 5.09. The molecule has 2 aromatic carbocycles. The molecule has 0 aromatic heterocycles. The van der Waals surface area contributed by atoms with Crippen LogP contribution in [-0.2, 0) is 6.42 Å². The molecule has 0 spiro atoms. The predicted molar refractivity (Wildman–Crippen MR) is 86.4 cm³/mol. The van der Waals surface area contributed by atoms with Crippen molar-refractivity contribution in [2.75, 3.05) is 27.8 Å². The van der Waals surface area contributed by atoms with Gasteiger partial charge in [-0.15, -0.1) is 0 Å². The molecule has 1 unspecified atom stereocenters. The molecule has 0 aliphatic heterocycles. The van der Waals surface area contributed by atoms with Gasteiger partial charge in [0.1, 0.15) is 11.5 Å². The van der Waals surface area contributed by atoms with Crippen LogP contribution in [0, 0.1) is 0 Å². The van der Waals surface area contributed by atoms with Crippen LogP contribution in [0.2, 0.25) is 0 Å². The molecule has 0 amide bonds. The highest BCUT2D eigenvalue weighted by molar-refractivity contribution is 5.39. The van der Waals surface area contributed by atoms with Crippen molar-refractivity contribution in [2.24, 2.45) is 0 Å². The van der Waals surface area contributed by atoms with E-state index >= 15 is 0 Å². The van der Waals surface area contributed by atoms with Crippen LogP contribution in [-0.4, -0.2) is 27.8 Å². The van der Waals surface area contributed by atoms with Crippen LogP contribution >= 0.6 is 0 Å². The quantitative estimate of drug-likeness (QED) is 0.847. The van der Waals surface area contributed by atoms with Gasteiger partial charge in [-0.2, -0.15) is 0 Å². The summed E-state index contributed by atoms with van der Waals surface area (Å²) in [4.78, 5) is 0. The van der Waals surface area contributed by atoms with Gasteiger partial charge < -0.3 is 14.8 Å². The molecule has 1 atom stereocenters. The van der Waals surface area contributed by atoms with Gasteiger partial charge in [0.25, 0.3) is 0 Å². The van der Waals surface area contributed by atoms with E-state index < -0.39 is 0 Å². The van der Waals surface area contributed by atoms with Crippen molar-refractivity contribution >= 4 is 0 Å². The number of hydrogen-bond donors (Lipinski definition) is 1. The Hall–Kier alpha value is -2.00. The number of benzene rings is 2. The highest BCUT2D eigenvalue weighted by atomic mass is 16.5. The molecular weight excluding hydrogens is 262 g/mol. The molecule has 112 valence electrons. The van der Waals surface area contributed by atoms with E-state index in [0.29, 0.717) is 5.92 Å². The summed E-state index contributed by atoms with van der Waals surface area (Å²) in [7, 11) is 5.35. The fourth-order valence-corrected chi connectivity index (χ4v) is 2.55. The molecule has 3 heteroatoms. The molecule has 0 aliphatic rings. The van der Waals surface area contributed by atoms with Gasteiger partial charge in [0.15, 0.2) is 0 Å². The molecule has 0 radical (unpaired) electrons. The van der Waals surface area contributed by atoms with Gasteiger partial charge in [-0.05, 0) is 36.7 Å². The van der Waals surface area contributed by atoms with E-state index in [0.717, 1.165) is 24.5 Å². The zero-order valence-corrected chi connectivity index (χ0v) is 12.9. The minimum atomic E-state index is 0.424. The lowest BCUT2D eigenvalue weighted by atomic mass is 9.91. The Kier molecular flexibility index (Phi) is 5.64. The first kappa shape index (κ1) is 15.4. The number of nitrogens with one attached hydrogen (secondary N) is 1. The number of hydrogen-bond acceptors (Lipinski definition) is 3. The lowest BCUT2D eigenvalue weighted by Crippen LogP contribution is -2.19. The number of ether oxygens (including phenoxy) is 2. The fraction of sp³-hybridized carbons (Fsp3) is 0.333. The van der Waals surface area contributed by atoms with E-state index in [9.17, 15) is 0 Å². The van der Waals surface area contributed by atoms with Crippen molar-refractivity contribution in [3.63, 3.8) is 0 Å². The van der Waals surface area contributed by atoms with E-state index in [-0.39, 0.29) is 0 Å². The lowest BCUT2D eigenvalue weighted by molar-refractivity contribution is 0.393. The summed E-state index contributed by atoms with van der Waals surface area (Å²) in [6, 6.07) is 16.6. The largest absolute Gasteiger partial charge is 0.497 e. The third kappa shape index (κ3) is 4.23. The first-order chi connectivity index (χ1) is 10.3. The zero-order valence-electron chi connectivity index (χ0n) is 12.9. The SMILES string of the molecule is CNCC(Cc1cc(OC)cc(OC)c1)c1ccccc1. The van der Waals surface area contributed by atoms with Crippen molar-refractivity contribution in [1.82, 2.24) is 5.32 Å². The molecule has 2 aromatic rings. The molecule has 0 saturated carbocycles. The summed E-state index contributed by atoms with van der Waals surface area (Å²) in [5.41, 5.74) is 2.56. The Morgan fingerprint density at radius 1 is 0.952 bits per heavy atom. The van der Waals surface area contributed by atoms with Crippen LogP contribution in [0.5, 0.6) is 11.5 Å². The second kappa shape index (κ2) is 7.70. The van der Waals surface area contributed by atoms with Crippen LogP contribution in [0.1, 0.15) is 17.0 Å². The minimum absolute atomic E-state index is 0.424. The van der Waals surface area contributed by atoms with Gasteiger partial charge in [-0.3, -0.25) is 0 Å². The summed E-state index contributed by atoms with van der Waals surface area (Å²) in [6.45, 7) is 0.934. The van der Waals surface area contributed by atoms with Crippen molar-refractivity contribution < 1.29 is 9.47 Å². The monoisotopic (exact) mass is 285 g/mol. The molecule has 21 heavy (non-hydrogen) atoms. The van der Waals surface area contributed by atoms with Crippen molar-refractivity contribution in [3.8, 4) is 11.5 Å². The van der Waals surface area contributed by atoms with Crippen LogP contribution in [0.25, 0.3) is 0 Å². The Balaban J connectivity index is 2.24. The maximum Gasteiger partial charge on any atom is 0.122 e. The maximum absolute atomic E-state index is 5.35. The van der Waals surface area contributed by atoms with Crippen LogP contribution in [0.4, 0.5) is 0 Å². The third-order valence-electron chi connectivity index (χ3n) is 3.61. The first-order valence-electron chi connectivity index (χ1n) is 7.18. The predicted octanol–water partition coefficient (Wildman–Crippen LogP) is 3.25. The molecule has 0 aliphatic carbocycles. The molecule has 0 fully saturated rings. The van der Waals surface area contributed by atoms with Crippen molar-refractivity contribution in [1.29, 1.82) is 0 Å². The number of likely N-dealkylation sites (N-methyl/N-ethyl adjacent to an activating group) is 1. The van der Waals surface area contributed by atoms with Gasteiger partial charge in [0, 0.05) is 18.5 Å². The van der Waals surface area contributed by atoms with Gasteiger partial charge >= 0.3 is 0 Å². The molecule has 0 bridgehead atoms. The van der Waals surface area contributed by atoms with Gasteiger partial charge in [0.05, 0.1) is 14.2 Å². The average molecular weight is 285 g/mol. The van der Waals surface area contributed by atoms with E-state index in [4.69, 9.17) is 9.47 Å². The van der Waals surface area contributed by atoms with E-state index in [1.54, 1.807) is 14.2 Å². The van der Waals surface area contributed by atoms with Gasteiger partial charge in [0.2, 0.25) is 0 Å². The summed E-state index contributed by atoms with van der Waals surface area (Å²) < 4.78 is 10.7. The molecule has 1 N–H and O–H groups in total. The molecule has 0 heterocycles. The number of methoxy groups -OCH3 is 2. The molecular formula is C18H23NO2. The molecule has 2 rings (SSSR count). The highest BCUT2D eigenvalue weighted by Crippen LogP contribution is 2.27. The maximum atomic E-state index is 5.35. The fourth-order valence-electron chi connectivity index (χ4n) is 2.55. The minimum Gasteiger partial charge on any atom is -0.497 e. The normalized spacial score (nSPS) is 12.0. The van der Waals surface area contributed by atoms with Crippen LogP contribution in [0.3, 0.4) is 0 Å². The third-order valence-corrected chi connectivity index (χ3v) is 3.61. The Morgan fingerprint density at radius 2 is 1.57 bits per heavy atom. The van der Waals surface area contributed by atoms with Gasteiger partial charge in [-0.25, -0.2) is 0 Å².